The van der Waals surface area contributed by atoms with Crippen molar-refractivity contribution in [3.63, 3.8) is 0 Å². The molecule has 8 nitrogen and oxygen atoms in total. The fourth-order valence-corrected chi connectivity index (χ4v) is 3.26. The summed E-state index contributed by atoms with van der Waals surface area (Å²) in [6, 6.07) is 7.05. The van der Waals surface area contributed by atoms with E-state index in [2.05, 4.69) is 9.47 Å². The number of ether oxygens (including phenoxy) is 4. The van der Waals surface area contributed by atoms with Crippen LogP contribution in [0.4, 0.5) is 5.00 Å². The van der Waals surface area contributed by atoms with Crippen LogP contribution in [-0.4, -0.2) is 39.2 Å². The Kier molecular flexibility index (Phi) is 7.16. The molecular weight excluding hydrogens is 386 g/mol. The molecule has 2 rings (SSSR count). The second-order valence-corrected chi connectivity index (χ2v) is 6.40. The van der Waals surface area contributed by atoms with Crippen LogP contribution in [0.3, 0.4) is 0 Å². The Labute approximate surface area is 165 Å². The molecule has 2 aromatic rings. The summed E-state index contributed by atoms with van der Waals surface area (Å²) in [7, 11) is 3.94. The molecule has 0 aliphatic carbocycles. The summed E-state index contributed by atoms with van der Waals surface area (Å²) >= 11 is 0.864. The highest BCUT2D eigenvalue weighted by atomic mass is 32.1. The number of carbonyl (C=O) groups is 3. The molecular formula is C19H19NO7S. The van der Waals surface area contributed by atoms with Gasteiger partial charge in [-0.3, -0.25) is 0 Å². The summed E-state index contributed by atoms with van der Waals surface area (Å²) in [5.41, 5.74) is 6.72. The van der Waals surface area contributed by atoms with Crippen molar-refractivity contribution in [2.45, 2.75) is 6.61 Å². The number of benzene rings is 1. The fourth-order valence-electron chi connectivity index (χ4n) is 2.28. The average molecular weight is 405 g/mol. The summed E-state index contributed by atoms with van der Waals surface area (Å²) in [5, 5.41) is 0.0760. The fraction of sp³-hybridized carbons (Fsp3) is 0.211. The van der Waals surface area contributed by atoms with Crippen LogP contribution in [0.2, 0.25) is 0 Å². The Morgan fingerprint density at radius 2 is 1.68 bits per heavy atom. The number of anilines is 1. The number of rotatable bonds is 7. The summed E-state index contributed by atoms with van der Waals surface area (Å²) in [4.78, 5) is 36.0. The van der Waals surface area contributed by atoms with Crippen LogP contribution in [0, 0.1) is 0 Å². The van der Waals surface area contributed by atoms with Crippen LogP contribution in [0.1, 0.15) is 31.2 Å². The maximum Gasteiger partial charge on any atom is 0.348 e. The van der Waals surface area contributed by atoms with Gasteiger partial charge in [0.05, 0.1) is 21.3 Å². The van der Waals surface area contributed by atoms with Crippen LogP contribution in [-0.2, 0) is 25.6 Å². The first-order valence-corrected chi connectivity index (χ1v) is 8.79. The van der Waals surface area contributed by atoms with E-state index in [4.69, 9.17) is 15.2 Å². The quantitative estimate of drug-likeness (QED) is 0.425. The van der Waals surface area contributed by atoms with Crippen LogP contribution in [0.5, 0.6) is 5.75 Å². The summed E-state index contributed by atoms with van der Waals surface area (Å²) in [6.07, 6.45) is 2.79. The standard InChI is InChI=1S/C19H19NO7S/c1-24-12-7-4-11(5-8-12)6-9-14(21)27-10-13-15(18(22)25-2)17(20)28-16(13)19(23)26-3/h4-9H,10,20H2,1-3H3/b9-6+. The third kappa shape index (κ3) is 4.89. The lowest BCUT2D eigenvalue weighted by Gasteiger charge is -2.06. The number of thiophene rings is 1. The Morgan fingerprint density at radius 1 is 1.04 bits per heavy atom. The maximum absolute atomic E-state index is 12.0. The van der Waals surface area contributed by atoms with Crippen LogP contribution in [0.15, 0.2) is 30.3 Å². The van der Waals surface area contributed by atoms with Gasteiger partial charge in [-0.15, -0.1) is 11.3 Å². The van der Waals surface area contributed by atoms with Gasteiger partial charge < -0.3 is 24.7 Å². The molecule has 0 unspecified atom stereocenters. The monoisotopic (exact) mass is 405 g/mol. The molecule has 1 aromatic heterocycles. The minimum Gasteiger partial charge on any atom is -0.497 e. The zero-order valence-corrected chi connectivity index (χ0v) is 16.3. The highest BCUT2D eigenvalue weighted by Crippen LogP contribution is 2.33. The van der Waals surface area contributed by atoms with Crippen LogP contribution >= 0.6 is 11.3 Å². The van der Waals surface area contributed by atoms with E-state index in [9.17, 15) is 14.4 Å². The highest BCUT2D eigenvalue weighted by molar-refractivity contribution is 7.18. The van der Waals surface area contributed by atoms with Crippen molar-refractivity contribution in [3.05, 3.63) is 51.9 Å². The van der Waals surface area contributed by atoms with Crippen molar-refractivity contribution < 1.29 is 33.3 Å². The molecule has 9 heteroatoms. The number of nitrogens with two attached hydrogens (primary N) is 1. The third-order valence-corrected chi connectivity index (χ3v) is 4.72. The molecule has 0 radical (unpaired) electrons. The predicted molar refractivity (Wildman–Crippen MR) is 103 cm³/mol. The van der Waals surface area contributed by atoms with E-state index in [1.165, 1.54) is 20.3 Å². The molecule has 28 heavy (non-hydrogen) atoms. The SMILES string of the molecule is COC(=O)c1sc(N)c(C(=O)OC)c1COC(=O)/C=C/c1ccc(OC)cc1. The van der Waals surface area contributed by atoms with Crippen molar-refractivity contribution >= 4 is 40.3 Å². The van der Waals surface area contributed by atoms with Crippen molar-refractivity contribution in [2.75, 3.05) is 27.1 Å². The molecule has 0 bridgehead atoms. The molecule has 2 N–H and O–H groups in total. The zero-order valence-electron chi connectivity index (χ0n) is 15.5. The van der Waals surface area contributed by atoms with E-state index in [0.717, 1.165) is 16.9 Å². The van der Waals surface area contributed by atoms with Crippen molar-refractivity contribution in [1.82, 2.24) is 0 Å². The molecule has 0 fully saturated rings. The molecule has 0 amide bonds. The van der Waals surface area contributed by atoms with Gasteiger partial charge in [-0.05, 0) is 23.8 Å². The molecule has 148 valence electrons. The number of methoxy groups -OCH3 is 3. The number of nitrogen functional groups attached to an aromatic ring is 1. The van der Waals surface area contributed by atoms with Gasteiger partial charge in [-0.2, -0.15) is 0 Å². The molecule has 0 atom stereocenters. The molecule has 0 saturated heterocycles. The van der Waals surface area contributed by atoms with Gasteiger partial charge in [0.1, 0.15) is 27.8 Å². The second kappa shape index (κ2) is 9.56. The largest absolute Gasteiger partial charge is 0.497 e. The Balaban J connectivity index is 2.15. The van der Waals surface area contributed by atoms with Gasteiger partial charge in [0.2, 0.25) is 0 Å². The first kappa shape index (κ1) is 21.0. The molecule has 0 spiro atoms. The minimum absolute atomic E-state index is 0.0140. The van der Waals surface area contributed by atoms with E-state index >= 15 is 0 Å². The van der Waals surface area contributed by atoms with Gasteiger partial charge >= 0.3 is 17.9 Å². The topological polar surface area (TPSA) is 114 Å². The van der Waals surface area contributed by atoms with Gasteiger partial charge in [-0.1, -0.05) is 12.1 Å². The minimum atomic E-state index is -0.733. The maximum atomic E-state index is 12.0. The number of esters is 3. The number of hydrogen-bond donors (Lipinski definition) is 1. The van der Waals surface area contributed by atoms with Gasteiger partial charge in [-0.25, -0.2) is 14.4 Å². The normalized spacial score (nSPS) is 10.5. The molecule has 0 aliphatic rings. The number of carbonyl (C=O) groups excluding carboxylic acids is 3. The Bertz CT molecular complexity index is 900. The Hall–Kier alpha value is -3.33. The smallest absolute Gasteiger partial charge is 0.348 e. The Morgan fingerprint density at radius 3 is 2.25 bits per heavy atom. The first-order valence-electron chi connectivity index (χ1n) is 7.97. The predicted octanol–water partition coefficient (Wildman–Crippen LogP) is 2.67. The van der Waals surface area contributed by atoms with Crippen molar-refractivity contribution in [2.24, 2.45) is 0 Å². The van der Waals surface area contributed by atoms with E-state index in [1.54, 1.807) is 37.5 Å². The lowest BCUT2D eigenvalue weighted by molar-refractivity contribution is -0.138. The molecule has 1 heterocycles. The lowest BCUT2D eigenvalue weighted by atomic mass is 10.1. The summed E-state index contributed by atoms with van der Waals surface area (Å²) in [6.45, 7) is -0.339. The van der Waals surface area contributed by atoms with E-state index in [-0.39, 0.29) is 27.6 Å². The van der Waals surface area contributed by atoms with E-state index < -0.39 is 17.9 Å². The van der Waals surface area contributed by atoms with Gasteiger partial charge in [0.15, 0.2) is 0 Å². The molecule has 0 aliphatic heterocycles. The van der Waals surface area contributed by atoms with Crippen molar-refractivity contribution in [3.8, 4) is 5.75 Å². The van der Waals surface area contributed by atoms with Gasteiger partial charge in [0, 0.05) is 11.6 Å². The van der Waals surface area contributed by atoms with E-state index in [1.807, 2.05) is 0 Å². The van der Waals surface area contributed by atoms with Crippen LogP contribution < -0.4 is 10.5 Å². The third-order valence-electron chi connectivity index (χ3n) is 3.68. The first-order chi connectivity index (χ1) is 13.4. The summed E-state index contributed by atoms with van der Waals surface area (Å²) in [5.74, 6) is -1.39. The van der Waals surface area contributed by atoms with E-state index in [0.29, 0.717) is 5.75 Å². The molecule has 1 aromatic carbocycles. The average Bonchev–Trinajstić information content (AvgIpc) is 3.05. The number of hydrogen-bond acceptors (Lipinski definition) is 9. The highest BCUT2D eigenvalue weighted by Gasteiger charge is 2.27. The second-order valence-electron chi connectivity index (χ2n) is 5.35. The zero-order chi connectivity index (χ0) is 20.7. The summed E-state index contributed by atoms with van der Waals surface area (Å²) < 4.78 is 19.6. The van der Waals surface area contributed by atoms with Gasteiger partial charge in [0.25, 0.3) is 0 Å². The lowest BCUT2D eigenvalue weighted by Crippen LogP contribution is -2.11. The van der Waals surface area contributed by atoms with Crippen molar-refractivity contribution in [1.29, 1.82) is 0 Å². The molecule has 0 saturated carbocycles. The van der Waals surface area contributed by atoms with Crippen LogP contribution in [0.25, 0.3) is 6.08 Å².